The average molecular weight is 170 g/mol. The van der Waals surface area contributed by atoms with Gasteiger partial charge in [0.1, 0.15) is 5.76 Å². The van der Waals surface area contributed by atoms with Crippen LogP contribution in [0.15, 0.2) is 24.0 Å². The standard InChI is InChI=1S/C9H14O3/c1-10-8-5-4-6-9(7-8,11-2)12-3/h4-5,7H,6H2,1-3H3. The lowest BCUT2D eigenvalue weighted by Gasteiger charge is -2.28. The van der Waals surface area contributed by atoms with E-state index >= 15 is 0 Å². The summed E-state index contributed by atoms with van der Waals surface area (Å²) in [5.74, 6) is 0.130. The Bertz CT molecular complexity index is 202. The normalized spacial score (nSPS) is 20.4. The van der Waals surface area contributed by atoms with Gasteiger partial charge in [-0.05, 0) is 6.08 Å². The SMILES string of the molecule is COC1=CC(OC)(OC)CC=C1. The lowest BCUT2D eigenvalue weighted by atomic mass is 10.1. The first-order chi connectivity index (χ1) is 5.76. The van der Waals surface area contributed by atoms with Crippen molar-refractivity contribution in [2.24, 2.45) is 0 Å². The van der Waals surface area contributed by atoms with Gasteiger partial charge in [0.15, 0.2) is 5.79 Å². The number of rotatable bonds is 3. The molecule has 1 aliphatic rings. The van der Waals surface area contributed by atoms with Crippen molar-refractivity contribution in [1.82, 2.24) is 0 Å². The van der Waals surface area contributed by atoms with Gasteiger partial charge in [-0.2, -0.15) is 0 Å². The maximum atomic E-state index is 5.23. The van der Waals surface area contributed by atoms with E-state index < -0.39 is 5.79 Å². The second-order valence-electron chi connectivity index (χ2n) is 2.58. The smallest absolute Gasteiger partial charge is 0.194 e. The third-order valence-corrected chi connectivity index (χ3v) is 1.97. The quantitative estimate of drug-likeness (QED) is 0.600. The first kappa shape index (κ1) is 9.29. The van der Waals surface area contributed by atoms with E-state index in [-0.39, 0.29) is 0 Å². The zero-order valence-corrected chi connectivity index (χ0v) is 7.66. The molecule has 0 saturated carbocycles. The Morgan fingerprint density at radius 2 is 1.92 bits per heavy atom. The van der Waals surface area contributed by atoms with Crippen LogP contribution in [0.3, 0.4) is 0 Å². The molecular formula is C9H14O3. The molecule has 0 amide bonds. The van der Waals surface area contributed by atoms with Crippen molar-refractivity contribution in [2.45, 2.75) is 12.2 Å². The number of hydrogen-bond acceptors (Lipinski definition) is 3. The van der Waals surface area contributed by atoms with Gasteiger partial charge in [-0.15, -0.1) is 0 Å². The van der Waals surface area contributed by atoms with Crippen LogP contribution in [0.5, 0.6) is 0 Å². The monoisotopic (exact) mass is 170 g/mol. The van der Waals surface area contributed by atoms with Crippen LogP contribution in [0.2, 0.25) is 0 Å². The molecule has 3 nitrogen and oxygen atoms in total. The van der Waals surface area contributed by atoms with Crippen LogP contribution in [0.4, 0.5) is 0 Å². The molecule has 0 atom stereocenters. The summed E-state index contributed by atoms with van der Waals surface area (Å²) < 4.78 is 15.5. The predicted octanol–water partition coefficient (Wildman–Crippen LogP) is 1.47. The van der Waals surface area contributed by atoms with E-state index in [1.54, 1.807) is 21.3 Å². The largest absolute Gasteiger partial charge is 0.497 e. The van der Waals surface area contributed by atoms with E-state index in [4.69, 9.17) is 14.2 Å². The highest BCUT2D eigenvalue weighted by Crippen LogP contribution is 2.25. The second-order valence-corrected chi connectivity index (χ2v) is 2.58. The molecule has 0 heterocycles. The Balaban J connectivity index is 2.80. The van der Waals surface area contributed by atoms with Gasteiger partial charge in [-0.3, -0.25) is 0 Å². The maximum absolute atomic E-state index is 5.23. The Hall–Kier alpha value is -0.800. The lowest BCUT2D eigenvalue weighted by molar-refractivity contribution is -0.169. The summed E-state index contributed by atoms with van der Waals surface area (Å²) >= 11 is 0. The van der Waals surface area contributed by atoms with Crippen LogP contribution >= 0.6 is 0 Å². The minimum absolute atomic E-state index is 0.639. The topological polar surface area (TPSA) is 27.7 Å². The van der Waals surface area contributed by atoms with Crippen molar-refractivity contribution in [3.8, 4) is 0 Å². The second kappa shape index (κ2) is 3.74. The van der Waals surface area contributed by atoms with Gasteiger partial charge < -0.3 is 14.2 Å². The van der Waals surface area contributed by atoms with Crippen LogP contribution in [0.25, 0.3) is 0 Å². The molecule has 3 heteroatoms. The molecule has 1 aliphatic carbocycles. The fourth-order valence-corrected chi connectivity index (χ4v) is 1.16. The van der Waals surface area contributed by atoms with Crippen LogP contribution < -0.4 is 0 Å². The summed E-state index contributed by atoms with van der Waals surface area (Å²) in [4.78, 5) is 0. The summed E-state index contributed by atoms with van der Waals surface area (Å²) in [6.45, 7) is 0. The molecule has 0 aliphatic heterocycles. The summed E-state index contributed by atoms with van der Waals surface area (Å²) in [6.07, 6.45) is 6.40. The molecule has 0 radical (unpaired) electrons. The third-order valence-electron chi connectivity index (χ3n) is 1.97. The molecule has 0 saturated heterocycles. The first-order valence-electron chi connectivity index (χ1n) is 3.80. The van der Waals surface area contributed by atoms with Gasteiger partial charge in [-0.25, -0.2) is 0 Å². The van der Waals surface area contributed by atoms with Crippen molar-refractivity contribution < 1.29 is 14.2 Å². The van der Waals surface area contributed by atoms with Gasteiger partial charge in [0, 0.05) is 26.7 Å². The molecule has 0 aromatic carbocycles. The molecule has 1 rings (SSSR count). The van der Waals surface area contributed by atoms with Crippen molar-refractivity contribution in [2.75, 3.05) is 21.3 Å². The number of methoxy groups -OCH3 is 3. The highest BCUT2D eigenvalue weighted by atomic mass is 16.7. The van der Waals surface area contributed by atoms with Gasteiger partial charge in [0.05, 0.1) is 7.11 Å². The lowest BCUT2D eigenvalue weighted by Crippen LogP contribution is -2.32. The van der Waals surface area contributed by atoms with E-state index in [0.29, 0.717) is 6.42 Å². The molecule has 68 valence electrons. The van der Waals surface area contributed by atoms with Crippen LogP contribution in [-0.2, 0) is 14.2 Å². The van der Waals surface area contributed by atoms with E-state index in [0.717, 1.165) is 5.76 Å². The summed E-state index contributed by atoms with van der Waals surface area (Å²) in [5.41, 5.74) is 0. The molecule has 0 bridgehead atoms. The summed E-state index contributed by atoms with van der Waals surface area (Å²) in [6, 6.07) is 0. The van der Waals surface area contributed by atoms with Crippen molar-refractivity contribution >= 4 is 0 Å². The van der Waals surface area contributed by atoms with Crippen LogP contribution in [0.1, 0.15) is 6.42 Å². The van der Waals surface area contributed by atoms with Crippen LogP contribution in [0, 0.1) is 0 Å². The van der Waals surface area contributed by atoms with E-state index in [1.807, 2.05) is 18.2 Å². The van der Waals surface area contributed by atoms with Gasteiger partial charge in [0.2, 0.25) is 0 Å². The van der Waals surface area contributed by atoms with Gasteiger partial charge >= 0.3 is 0 Å². The Kier molecular flexibility index (Phi) is 2.89. The summed E-state index contributed by atoms with van der Waals surface area (Å²) in [5, 5.41) is 0. The van der Waals surface area contributed by atoms with E-state index in [9.17, 15) is 0 Å². The number of hydrogen-bond donors (Lipinski definition) is 0. The minimum atomic E-state index is -0.639. The molecule has 0 aromatic heterocycles. The molecule has 12 heavy (non-hydrogen) atoms. The van der Waals surface area contributed by atoms with Gasteiger partial charge in [0.25, 0.3) is 0 Å². The van der Waals surface area contributed by atoms with Crippen molar-refractivity contribution in [1.29, 1.82) is 0 Å². The summed E-state index contributed by atoms with van der Waals surface area (Å²) in [7, 11) is 4.86. The third kappa shape index (κ3) is 1.68. The first-order valence-corrected chi connectivity index (χ1v) is 3.80. The predicted molar refractivity (Wildman–Crippen MR) is 45.6 cm³/mol. The minimum Gasteiger partial charge on any atom is -0.497 e. The Labute approximate surface area is 72.6 Å². The van der Waals surface area contributed by atoms with Crippen molar-refractivity contribution in [3.05, 3.63) is 24.0 Å². The molecular weight excluding hydrogens is 156 g/mol. The number of ether oxygens (including phenoxy) is 3. The number of allylic oxidation sites excluding steroid dienone is 1. The highest BCUT2D eigenvalue weighted by molar-refractivity contribution is 5.21. The van der Waals surface area contributed by atoms with E-state index in [2.05, 4.69) is 0 Å². The fourth-order valence-electron chi connectivity index (χ4n) is 1.16. The molecule has 0 aromatic rings. The maximum Gasteiger partial charge on any atom is 0.194 e. The Morgan fingerprint density at radius 1 is 1.25 bits per heavy atom. The molecule has 0 spiro atoms. The van der Waals surface area contributed by atoms with Gasteiger partial charge in [-0.1, -0.05) is 6.08 Å². The Morgan fingerprint density at radius 3 is 2.42 bits per heavy atom. The zero-order chi connectivity index (χ0) is 9.03. The molecule has 0 N–H and O–H groups in total. The van der Waals surface area contributed by atoms with Crippen molar-refractivity contribution in [3.63, 3.8) is 0 Å². The fraction of sp³-hybridized carbons (Fsp3) is 0.556. The van der Waals surface area contributed by atoms with E-state index in [1.165, 1.54) is 0 Å². The molecule has 0 fully saturated rings. The highest BCUT2D eigenvalue weighted by Gasteiger charge is 2.28. The molecule has 0 unspecified atom stereocenters. The average Bonchev–Trinajstić information content (AvgIpc) is 2.18. The van der Waals surface area contributed by atoms with Crippen LogP contribution in [-0.4, -0.2) is 27.1 Å². The zero-order valence-electron chi connectivity index (χ0n) is 7.66.